The second-order valence-electron chi connectivity index (χ2n) is 4.98. The van der Waals surface area contributed by atoms with Crippen LogP contribution in [0.1, 0.15) is 18.3 Å². The maximum Gasteiger partial charge on any atom is 0.315 e. The Balaban J connectivity index is 1.76. The average molecular weight is 275 g/mol. The van der Waals surface area contributed by atoms with E-state index in [1.807, 2.05) is 45.3 Å². The van der Waals surface area contributed by atoms with Gasteiger partial charge in [0.05, 0.1) is 13.1 Å². The predicted octanol–water partition coefficient (Wildman–Crippen LogP) is 1.42. The summed E-state index contributed by atoms with van der Waals surface area (Å²) < 4.78 is 3.86. The number of hydrogen-bond donors (Lipinski definition) is 2. The highest BCUT2D eigenvalue weighted by Crippen LogP contribution is 2.04. The van der Waals surface area contributed by atoms with Gasteiger partial charge in [-0.3, -0.25) is 4.68 Å². The molecule has 0 fully saturated rings. The van der Waals surface area contributed by atoms with Crippen LogP contribution in [0.2, 0.25) is 0 Å². The van der Waals surface area contributed by atoms with Gasteiger partial charge in [0.25, 0.3) is 0 Å². The van der Waals surface area contributed by atoms with Crippen molar-refractivity contribution in [2.45, 2.75) is 33.0 Å². The molecule has 0 spiro atoms. The van der Waals surface area contributed by atoms with Crippen molar-refractivity contribution in [2.24, 2.45) is 7.05 Å². The summed E-state index contributed by atoms with van der Waals surface area (Å²) in [5, 5.41) is 9.87. The van der Waals surface area contributed by atoms with Gasteiger partial charge in [0.15, 0.2) is 0 Å². The Morgan fingerprint density at radius 3 is 2.85 bits per heavy atom. The summed E-state index contributed by atoms with van der Waals surface area (Å²) in [4.78, 5) is 11.8. The Bertz CT molecular complexity index is 558. The molecule has 2 heterocycles. The lowest BCUT2D eigenvalue weighted by Crippen LogP contribution is -2.42. The molecule has 0 saturated carbocycles. The molecule has 2 amide bonds. The number of carbonyl (C=O) groups is 1. The van der Waals surface area contributed by atoms with E-state index in [9.17, 15) is 4.79 Å². The van der Waals surface area contributed by atoms with Crippen LogP contribution in [0, 0.1) is 6.92 Å². The van der Waals surface area contributed by atoms with Gasteiger partial charge in [-0.25, -0.2) is 4.79 Å². The number of nitrogens with one attached hydrogen (secondary N) is 2. The summed E-state index contributed by atoms with van der Waals surface area (Å²) in [6, 6.07) is 5.77. The molecule has 0 radical (unpaired) electrons. The molecular formula is C14H21N5O. The zero-order valence-electron chi connectivity index (χ0n) is 12.1. The van der Waals surface area contributed by atoms with Crippen molar-refractivity contribution in [2.75, 3.05) is 0 Å². The number of amides is 2. The molecule has 0 aliphatic carbocycles. The van der Waals surface area contributed by atoms with Gasteiger partial charge in [-0.15, -0.1) is 0 Å². The van der Waals surface area contributed by atoms with Gasteiger partial charge >= 0.3 is 6.03 Å². The normalized spacial score (nSPS) is 12.2. The predicted molar refractivity (Wildman–Crippen MR) is 77.2 cm³/mol. The van der Waals surface area contributed by atoms with E-state index in [4.69, 9.17) is 0 Å². The van der Waals surface area contributed by atoms with Crippen molar-refractivity contribution in [3.8, 4) is 0 Å². The highest BCUT2D eigenvalue weighted by atomic mass is 16.2. The average Bonchev–Trinajstić information content (AvgIpc) is 3.00. The summed E-state index contributed by atoms with van der Waals surface area (Å²) in [5.74, 6) is 0. The molecular weight excluding hydrogens is 254 g/mol. The van der Waals surface area contributed by atoms with Crippen LogP contribution in [0.15, 0.2) is 30.6 Å². The number of carbonyl (C=O) groups excluding carboxylic acids is 1. The molecule has 0 aliphatic heterocycles. The highest BCUT2D eigenvalue weighted by Gasteiger charge is 2.08. The third-order valence-electron chi connectivity index (χ3n) is 3.30. The molecule has 20 heavy (non-hydrogen) atoms. The van der Waals surface area contributed by atoms with Crippen molar-refractivity contribution in [1.82, 2.24) is 25.0 Å². The lowest BCUT2D eigenvalue weighted by molar-refractivity contribution is 0.235. The highest BCUT2D eigenvalue weighted by molar-refractivity contribution is 5.74. The van der Waals surface area contributed by atoms with Crippen LogP contribution in [-0.2, 0) is 20.1 Å². The van der Waals surface area contributed by atoms with Crippen molar-refractivity contribution in [1.29, 1.82) is 0 Å². The van der Waals surface area contributed by atoms with Crippen LogP contribution < -0.4 is 10.6 Å². The fraction of sp³-hybridized carbons (Fsp3) is 0.429. The van der Waals surface area contributed by atoms with Crippen LogP contribution in [0.25, 0.3) is 0 Å². The number of aryl methyl sites for hydroxylation is 1. The Morgan fingerprint density at radius 1 is 1.45 bits per heavy atom. The van der Waals surface area contributed by atoms with Crippen molar-refractivity contribution < 1.29 is 4.79 Å². The first-order valence-electron chi connectivity index (χ1n) is 6.69. The van der Waals surface area contributed by atoms with Crippen LogP contribution in [0.3, 0.4) is 0 Å². The third-order valence-corrected chi connectivity index (χ3v) is 3.30. The molecule has 1 atom stereocenters. The second-order valence-corrected chi connectivity index (χ2v) is 4.98. The van der Waals surface area contributed by atoms with Gasteiger partial charge in [0.2, 0.25) is 0 Å². The summed E-state index contributed by atoms with van der Waals surface area (Å²) in [6.45, 7) is 5.16. The lowest BCUT2D eigenvalue weighted by Gasteiger charge is -2.15. The quantitative estimate of drug-likeness (QED) is 0.866. The largest absolute Gasteiger partial charge is 0.350 e. The lowest BCUT2D eigenvalue weighted by atomic mass is 10.3. The Morgan fingerprint density at radius 2 is 2.25 bits per heavy atom. The van der Waals surface area contributed by atoms with Gasteiger partial charge in [-0.2, -0.15) is 5.10 Å². The number of urea groups is 1. The van der Waals surface area contributed by atoms with Crippen molar-refractivity contribution in [3.63, 3.8) is 0 Å². The van der Waals surface area contributed by atoms with E-state index in [2.05, 4.69) is 20.3 Å². The molecule has 2 rings (SSSR count). The molecule has 0 aliphatic rings. The van der Waals surface area contributed by atoms with Gasteiger partial charge in [-0.1, -0.05) is 0 Å². The monoisotopic (exact) mass is 275 g/mol. The van der Waals surface area contributed by atoms with Crippen molar-refractivity contribution in [3.05, 3.63) is 42.0 Å². The first kappa shape index (κ1) is 14.2. The van der Waals surface area contributed by atoms with E-state index in [1.165, 1.54) is 5.69 Å². The zero-order chi connectivity index (χ0) is 14.5. The molecule has 2 N–H and O–H groups in total. The van der Waals surface area contributed by atoms with E-state index in [-0.39, 0.29) is 12.1 Å². The fourth-order valence-electron chi connectivity index (χ4n) is 2.02. The summed E-state index contributed by atoms with van der Waals surface area (Å²) in [7, 11) is 1.99. The van der Waals surface area contributed by atoms with Crippen LogP contribution in [0.4, 0.5) is 4.79 Å². The van der Waals surface area contributed by atoms with Crippen molar-refractivity contribution >= 4 is 6.03 Å². The number of nitrogens with zero attached hydrogens (tertiary/aromatic N) is 3. The van der Waals surface area contributed by atoms with Crippen LogP contribution in [-0.4, -0.2) is 26.4 Å². The molecule has 2 aromatic rings. The minimum absolute atomic E-state index is 0.0186. The van der Waals surface area contributed by atoms with Gasteiger partial charge in [0.1, 0.15) is 0 Å². The summed E-state index contributed by atoms with van der Waals surface area (Å²) in [6.07, 6.45) is 3.60. The Kier molecular flexibility index (Phi) is 4.45. The zero-order valence-corrected chi connectivity index (χ0v) is 12.1. The van der Waals surface area contributed by atoms with E-state index in [0.717, 1.165) is 5.69 Å². The first-order valence-corrected chi connectivity index (χ1v) is 6.69. The number of hydrogen-bond acceptors (Lipinski definition) is 2. The minimum Gasteiger partial charge on any atom is -0.350 e. The molecule has 6 nitrogen and oxygen atoms in total. The third kappa shape index (κ3) is 3.63. The van der Waals surface area contributed by atoms with E-state index < -0.39 is 0 Å². The van der Waals surface area contributed by atoms with Crippen LogP contribution >= 0.6 is 0 Å². The maximum atomic E-state index is 11.8. The Labute approximate surface area is 118 Å². The summed E-state index contributed by atoms with van der Waals surface area (Å²) in [5.41, 5.74) is 2.26. The minimum atomic E-state index is -0.163. The summed E-state index contributed by atoms with van der Waals surface area (Å²) >= 11 is 0. The number of rotatable bonds is 5. The smallest absolute Gasteiger partial charge is 0.315 e. The molecule has 0 aromatic carbocycles. The SMILES string of the molecule is Cc1ccc(CNC(=O)N[C@@H](C)Cn2cccn2)n1C. The first-order chi connectivity index (χ1) is 9.56. The standard InChI is InChI=1S/C14H21N5O/c1-11(10-19-8-4-7-16-19)17-14(20)15-9-13-6-5-12(2)18(13)3/h4-8,11H,9-10H2,1-3H3,(H2,15,17,20)/t11-/m0/s1. The van der Waals surface area contributed by atoms with E-state index in [0.29, 0.717) is 13.1 Å². The molecule has 0 bridgehead atoms. The fourth-order valence-corrected chi connectivity index (χ4v) is 2.02. The molecule has 6 heteroatoms. The number of aromatic nitrogens is 3. The molecule has 0 unspecified atom stereocenters. The molecule has 108 valence electrons. The van der Waals surface area contributed by atoms with Crippen LogP contribution in [0.5, 0.6) is 0 Å². The Hall–Kier alpha value is -2.24. The topological polar surface area (TPSA) is 63.9 Å². The molecule has 0 saturated heterocycles. The van der Waals surface area contributed by atoms with Gasteiger partial charge < -0.3 is 15.2 Å². The van der Waals surface area contributed by atoms with E-state index >= 15 is 0 Å². The van der Waals surface area contributed by atoms with E-state index in [1.54, 1.807) is 10.9 Å². The maximum absolute atomic E-state index is 11.8. The van der Waals surface area contributed by atoms with Gasteiger partial charge in [0, 0.05) is 36.9 Å². The second kappa shape index (κ2) is 6.27. The van der Waals surface area contributed by atoms with Gasteiger partial charge in [-0.05, 0) is 32.0 Å². The molecule has 2 aromatic heterocycles.